The highest BCUT2D eigenvalue weighted by Gasteiger charge is 2.26. The number of halogens is 1. The first-order valence-corrected chi connectivity index (χ1v) is 11.4. The molecule has 2 aliphatic rings. The van der Waals surface area contributed by atoms with Crippen LogP contribution in [-0.2, 0) is 4.79 Å². The Morgan fingerprint density at radius 2 is 1.97 bits per heavy atom. The van der Waals surface area contributed by atoms with Crippen LogP contribution in [0.15, 0.2) is 18.2 Å². The number of anilines is 1. The molecule has 8 heteroatoms. The number of H-pyrrole nitrogens is 1. The van der Waals surface area contributed by atoms with Crippen molar-refractivity contribution in [1.82, 2.24) is 20.1 Å². The number of fused-ring (bicyclic) bond motifs is 1. The SMILES string of the molecule is Cc1[nH]c(C=C2C(=O)Nc3ccc(Cl)cc32)c(C)c1C(=O)NCCCN1CCN(C)CC1. The third kappa shape index (κ3) is 4.75. The van der Waals surface area contributed by atoms with Crippen LogP contribution in [0.1, 0.15) is 39.3 Å². The number of aryl methyl sites for hydroxylation is 1. The molecule has 0 bridgehead atoms. The highest BCUT2D eigenvalue weighted by atomic mass is 35.5. The van der Waals surface area contributed by atoms with E-state index in [0.29, 0.717) is 22.7 Å². The fourth-order valence-corrected chi connectivity index (χ4v) is 4.54. The predicted octanol–water partition coefficient (Wildman–Crippen LogP) is 3.14. The first-order chi connectivity index (χ1) is 15.3. The van der Waals surface area contributed by atoms with Gasteiger partial charge in [-0.05, 0) is 63.7 Å². The van der Waals surface area contributed by atoms with Gasteiger partial charge in [-0.2, -0.15) is 0 Å². The van der Waals surface area contributed by atoms with Crippen molar-refractivity contribution in [2.24, 2.45) is 0 Å². The molecule has 1 aromatic heterocycles. The molecule has 4 rings (SSSR count). The lowest BCUT2D eigenvalue weighted by Crippen LogP contribution is -2.45. The number of piperazine rings is 1. The van der Waals surface area contributed by atoms with Crippen molar-refractivity contribution in [3.8, 4) is 0 Å². The summed E-state index contributed by atoms with van der Waals surface area (Å²) >= 11 is 6.13. The second kappa shape index (κ2) is 9.48. The van der Waals surface area contributed by atoms with Crippen LogP contribution in [0.4, 0.5) is 5.69 Å². The van der Waals surface area contributed by atoms with E-state index in [4.69, 9.17) is 11.6 Å². The lowest BCUT2D eigenvalue weighted by atomic mass is 10.0. The molecule has 3 heterocycles. The Hall–Kier alpha value is -2.61. The van der Waals surface area contributed by atoms with Gasteiger partial charge in [-0.15, -0.1) is 0 Å². The van der Waals surface area contributed by atoms with Crippen molar-refractivity contribution in [3.63, 3.8) is 0 Å². The molecule has 1 saturated heterocycles. The number of benzene rings is 1. The Labute approximate surface area is 193 Å². The number of hydrogen-bond acceptors (Lipinski definition) is 4. The molecule has 0 radical (unpaired) electrons. The van der Waals surface area contributed by atoms with Crippen molar-refractivity contribution < 1.29 is 9.59 Å². The summed E-state index contributed by atoms with van der Waals surface area (Å²) in [7, 11) is 2.15. The molecular weight excluding hydrogens is 426 g/mol. The van der Waals surface area contributed by atoms with Gasteiger partial charge in [0.15, 0.2) is 0 Å². The van der Waals surface area contributed by atoms with Crippen LogP contribution in [0.2, 0.25) is 5.02 Å². The summed E-state index contributed by atoms with van der Waals surface area (Å²) in [5.41, 5.74) is 5.05. The van der Waals surface area contributed by atoms with E-state index in [-0.39, 0.29) is 11.8 Å². The van der Waals surface area contributed by atoms with Crippen molar-refractivity contribution in [3.05, 3.63) is 51.3 Å². The van der Waals surface area contributed by atoms with Gasteiger partial charge in [-0.25, -0.2) is 0 Å². The Bertz CT molecular complexity index is 1070. The van der Waals surface area contributed by atoms with Gasteiger partial charge in [0.1, 0.15) is 0 Å². The van der Waals surface area contributed by atoms with E-state index in [9.17, 15) is 9.59 Å². The molecule has 0 atom stereocenters. The minimum atomic E-state index is -0.177. The van der Waals surface area contributed by atoms with Crippen LogP contribution >= 0.6 is 11.6 Å². The summed E-state index contributed by atoms with van der Waals surface area (Å²) in [5, 5.41) is 6.48. The van der Waals surface area contributed by atoms with Crippen LogP contribution in [0.25, 0.3) is 11.6 Å². The van der Waals surface area contributed by atoms with E-state index in [1.165, 1.54) is 0 Å². The molecule has 0 unspecified atom stereocenters. The third-order valence-electron chi connectivity index (χ3n) is 6.29. The topological polar surface area (TPSA) is 80.5 Å². The molecule has 2 aromatic rings. The summed E-state index contributed by atoms with van der Waals surface area (Å²) in [5.74, 6) is -0.262. The Morgan fingerprint density at radius 1 is 1.22 bits per heavy atom. The Kier molecular flexibility index (Phi) is 6.69. The summed E-state index contributed by atoms with van der Waals surface area (Å²) < 4.78 is 0. The molecule has 0 spiro atoms. The van der Waals surface area contributed by atoms with Crippen LogP contribution in [0.3, 0.4) is 0 Å². The summed E-state index contributed by atoms with van der Waals surface area (Å²) in [6, 6.07) is 5.32. The maximum absolute atomic E-state index is 12.9. The zero-order valence-electron chi connectivity index (χ0n) is 18.8. The summed E-state index contributed by atoms with van der Waals surface area (Å²) in [6.45, 7) is 9.78. The van der Waals surface area contributed by atoms with Gasteiger partial charge in [-0.1, -0.05) is 11.6 Å². The van der Waals surface area contributed by atoms with E-state index >= 15 is 0 Å². The highest BCUT2D eigenvalue weighted by molar-refractivity contribution is 6.36. The van der Waals surface area contributed by atoms with Gasteiger partial charge < -0.3 is 25.4 Å². The lowest BCUT2D eigenvalue weighted by molar-refractivity contribution is -0.110. The largest absolute Gasteiger partial charge is 0.358 e. The minimum Gasteiger partial charge on any atom is -0.358 e. The second-order valence-corrected chi connectivity index (χ2v) is 9.06. The molecule has 0 aliphatic carbocycles. The molecular formula is C24H30ClN5O2. The van der Waals surface area contributed by atoms with E-state index in [2.05, 4.69) is 32.5 Å². The number of likely N-dealkylation sites (N-methyl/N-ethyl adjacent to an activating group) is 1. The standard InChI is InChI=1S/C24H30ClN5O2/c1-15-21(14-19-18-13-17(25)5-6-20(18)28-23(19)31)27-16(2)22(15)24(32)26-7-4-8-30-11-9-29(3)10-12-30/h5-6,13-14,27H,4,7-12H2,1-3H3,(H,26,32)(H,28,31). The first kappa shape index (κ1) is 22.6. The molecule has 1 fully saturated rings. The quantitative estimate of drug-likeness (QED) is 0.461. The number of aromatic amines is 1. The number of rotatable bonds is 6. The number of nitrogens with one attached hydrogen (secondary N) is 3. The number of aromatic nitrogens is 1. The number of carbonyl (C=O) groups excluding carboxylic acids is 2. The van der Waals surface area contributed by atoms with E-state index < -0.39 is 0 Å². The minimum absolute atomic E-state index is 0.0846. The van der Waals surface area contributed by atoms with Crippen molar-refractivity contribution in [2.75, 3.05) is 51.6 Å². The monoisotopic (exact) mass is 455 g/mol. The van der Waals surface area contributed by atoms with Crippen molar-refractivity contribution in [1.29, 1.82) is 0 Å². The lowest BCUT2D eigenvalue weighted by Gasteiger charge is -2.32. The van der Waals surface area contributed by atoms with E-state index in [0.717, 1.165) is 67.3 Å². The third-order valence-corrected chi connectivity index (χ3v) is 6.52. The maximum Gasteiger partial charge on any atom is 0.256 e. The number of hydrogen-bond donors (Lipinski definition) is 3. The molecule has 170 valence electrons. The van der Waals surface area contributed by atoms with Gasteiger partial charge in [0, 0.05) is 60.4 Å². The molecule has 2 amide bonds. The smallest absolute Gasteiger partial charge is 0.256 e. The predicted molar refractivity (Wildman–Crippen MR) is 129 cm³/mol. The van der Waals surface area contributed by atoms with E-state index in [1.54, 1.807) is 24.3 Å². The van der Waals surface area contributed by atoms with Crippen LogP contribution in [-0.4, -0.2) is 72.9 Å². The maximum atomic E-state index is 12.9. The first-order valence-electron chi connectivity index (χ1n) is 11.0. The average Bonchev–Trinajstić information content (AvgIpc) is 3.21. The normalized spacial score (nSPS) is 18.1. The van der Waals surface area contributed by atoms with Gasteiger partial charge >= 0.3 is 0 Å². The molecule has 2 aliphatic heterocycles. The Morgan fingerprint density at radius 3 is 2.72 bits per heavy atom. The van der Waals surface area contributed by atoms with Crippen LogP contribution in [0.5, 0.6) is 0 Å². The average molecular weight is 456 g/mol. The molecule has 1 aromatic carbocycles. The van der Waals surface area contributed by atoms with Crippen LogP contribution < -0.4 is 10.6 Å². The summed E-state index contributed by atoms with van der Waals surface area (Å²) in [4.78, 5) is 33.4. The van der Waals surface area contributed by atoms with Gasteiger partial charge in [0.25, 0.3) is 11.8 Å². The fraction of sp³-hybridized carbons (Fsp3) is 0.417. The number of carbonyl (C=O) groups is 2. The highest BCUT2D eigenvalue weighted by Crippen LogP contribution is 2.35. The molecule has 3 N–H and O–H groups in total. The zero-order chi connectivity index (χ0) is 22.8. The number of amides is 2. The summed E-state index contributed by atoms with van der Waals surface area (Å²) in [6.07, 6.45) is 2.72. The van der Waals surface area contributed by atoms with Gasteiger partial charge in [0.2, 0.25) is 0 Å². The van der Waals surface area contributed by atoms with Crippen molar-refractivity contribution >= 4 is 40.8 Å². The van der Waals surface area contributed by atoms with E-state index in [1.807, 2.05) is 13.8 Å². The van der Waals surface area contributed by atoms with Crippen molar-refractivity contribution in [2.45, 2.75) is 20.3 Å². The second-order valence-electron chi connectivity index (χ2n) is 8.62. The van der Waals surface area contributed by atoms with Crippen LogP contribution in [0, 0.1) is 13.8 Å². The van der Waals surface area contributed by atoms with Gasteiger partial charge in [0.05, 0.1) is 11.1 Å². The molecule has 32 heavy (non-hydrogen) atoms. The number of nitrogens with zero attached hydrogens (tertiary/aromatic N) is 2. The Balaban J connectivity index is 1.42. The van der Waals surface area contributed by atoms with Gasteiger partial charge in [-0.3, -0.25) is 9.59 Å². The zero-order valence-corrected chi connectivity index (χ0v) is 19.6. The molecule has 7 nitrogen and oxygen atoms in total. The molecule has 0 saturated carbocycles. The fourth-order valence-electron chi connectivity index (χ4n) is 4.37.